The zero-order chi connectivity index (χ0) is 24.2. The molecule has 0 radical (unpaired) electrons. The number of benzene rings is 4. The molecular weight excluding hydrogens is 430 g/mol. The van der Waals surface area contributed by atoms with Crippen molar-refractivity contribution in [1.29, 1.82) is 0 Å². The molecule has 4 aromatic rings. The van der Waals surface area contributed by atoms with Crippen molar-refractivity contribution in [3.63, 3.8) is 0 Å². The molecule has 0 aromatic heterocycles. The van der Waals surface area contributed by atoms with E-state index in [4.69, 9.17) is 5.73 Å². The van der Waals surface area contributed by atoms with Gasteiger partial charge in [0, 0.05) is 29.5 Å². The Hall–Kier alpha value is -4.78. The lowest BCUT2D eigenvalue weighted by atomic mass is 9.88. The molecule has 0 saturated carbocycles. The number of nitrogens with zero attached hydrogens (tertiary/aromatic N) is 2. The van der Waals surface area contributed by atoms with Gasteiger partial charge in [0.25, 0.3) is 11.4 Å². The molecule has 0 unspecified atom stereocenters. The number of rotatable bonds is 6. The number of hydrogen-bond donors (Lipinski definition) is 1. The van der Waals surface area contributed by atoms with Crippen LogP contribution in [0.25, 0.3) is 34.0 Å². The van der Waals surface area contributed by atoms with Crippen LogP contribution < -0.4 is 5.73 Å². The summed E-state index contributed by atoms with van der Waals surface area (Å²) in [6.45, 7) is 1.94. The first-order chi connectivity index (χ1) is 16.3. The van der Waals surface area contributed by atoms with Crippen LogP contribution in [0.4, 0.5) is 11.4 Å². The largest absolute Gasteiger partial charge is 0.398 e. The van der Waals surface area contributed by atoms with Crippen molar-refractivity contribution in [2.24, 2.45) is 5.73 Å². The summed E-state index contributed by atoms with van der Waals surface area (Å²) in [5, 5.41) is 23.1. The van der Waals surface area contributed by atoms with E-state index in [-0.39, 0.29) is 11.4 Å². The summed E-state index contributed by atoms with van der Waals surface area (Å²) < 4.78 is 0. The molecule has 0 amide bonds. The number of aryl methyl sites for hydroxylation is 1. The maximum Gasteiger partial charge on any atom is 0.277 e. The van der Waals surface area contributed by atoms with E-state index in [1.54, 1.807) is 24.3 Å². The smallest absolute Gasteiger partial charge is 0.277 e. The summed E-state index contributed by atoms with van der Waals surface area (Å²) in [6.07, 6.45) is 1.77. The number of non-ortho nitro benzene ring substituents is 1. The molecule has 0 aliphatic heterocycles. The Morgan fingerprint density at radius 3 is 1.97 bits per heavy atom. The van der Waals surface area contributed by atoms with Crippen molar-refractivity contribution in [3.05, 3.63) is 128 Å². The SMILES string of the molecule is Cc1ccc(-c2c([N+](=O)[O-])ccc(-c3ccc([N+](=O)[O-])cc3)c2C(N)=Cc2ccccc2)cc1. The molecular formula is C27H21N3O4. The molecule has 4 rings (SSSR count). The van der Waals surface area contributed by atoms with Crippen LogP contribution in [0, 0.1) is 27.2 Å². The number of hydrogen-bond acceptors (Lipinski definition) is 5. The summed E-state index contributed by atoms with van der Waals surface area (Å²) in [7, 11) is 0. The highest BCUT2D eigenvalue weighted by Gasteiger charge is 2.24. The van der Waals surface area contributed by atoms with Gasteiger partial charge in [-0.1, -0.05) is 60.2 Å². The van der Waals surface area contributed by atoms with Crippen molar-refractivity contribution >= 4 is 23.1 Å². The van der Waals surface area contributed by atoms with Crippen molar-refractivity contribution in [1.82, 2.24) is 0 Å². The van der Waals surface area contributed by atoms with Gasteiger partial charge in [-0.25, -0.2) is 0 Å². The second kappa shape index (κ2) is 9.38. The zero-order valence-electron chi connectivity index (χ0n) is 18.3. The van der Waals surface area contributed by atoms with E-state index in [2.05, 4.69) is 0 Å². The van der Waals surface area contributed by atoms with Crippen LogP contribution in [-0.4, -0.2) is 9.85 Å². The van der Waals surface area contributed by atoms with E-state index < -0.39 is 9.85 Å². The molecule has 7 heteroatoms. The van der Waals surface area contributed by atoms with Crippen LogP contribution in [0.2, 0.25) is 0 Å². The molecule has 0 aliphatic carbocycles. The van der Waals surface area contributed by atoms with Gasteiger partial charge < -0.3 is 5.73 Å². The Balaban J connectivity index is 2.04. The van der Waals surface area contributed by atoms with Gasteiger partial charge in [-0.3, -0.25) is 20.2 Å². The fraction of sp³-hybridized carbons (Fsp3) is 0.0370. The Morgan fingerprint density at radius 1 is 0.765 bits per heavy atom. The quantitative estimate of drug-likeness (QED) is 0.201. The molecule has 0 aliphatic rings. The first kappa shape index (κ1) is 22.4. The predicted molar refractivity (Wildman–Crippen MR) is 134 cm³/mol. The first-order valence-corrected chi connectivity index (χ1v) is 10.5. The highest BCUT2D eigenvalue weighted by Crippen LogP contribution is 2.42. The van der Waals surface area contributed by atoms with Gasteiger partial charge in [0.15, 0.2) is 0 Å². The van der Waals surface area contributed by atoms with Crippen molar-refractivity contribution in [3.8, 4) is 22.3 Å². The van der Waals surface area contributed by atoms with Gasteiger partial charge in [0.2, 0.25) is 0 Å². The fourth-order valence-electron chi connectivity index (χ4n) is 3.86. The fourth-order valence-corrected chi connectivity index (χ4v) is 3.86. The minimum atomic E-state index is -0.470. The summed E-state index contributed by atoms with van der Waals surface area (Å²) in [5.74, 6) is 0. The Morgan fingerprint density at radius 2 is 1.38 bits per heavy atom. The van der Waals surface area contributed by atoms with Gasteiger partial charge in [-0.2, -0.15) is 0 Å². The maximum atomic E-state index is 12.0. The van der Waals surface area contributed by atoms with E-state index in [0.29, 0.717) is 33.5 Å². The van der Waals surface area contributed by atoms with Crippen LogP contribution >= 0.6 is 0 Å². The molecule has 0 saturated heterocycles. The second-order valence-corrected chi connectivity index (χ2v) is 7.82. The first-order valence-electron chi connectivity index (χ1n) is 10.5. The second-order valence-electron chi connectivity index (χ2n) is 7.82. The van der Waals surface area contributed by atoms with Crippen LogP contribution in [-0.2, 0) is 0 Å². The lowest BCUT2D eigenvalue weighted by molar-refractivity contribution is -0.384. The van der Waals surface area contributed by atoms with Gasteiger partial charge in [0.05, 0.1) is 15.4 Å². The molecule has 0 spiro atoms. The van der Waals surface area contributed by atoms with Crippen LogP contribution in [0.1, 0.15) is 16.7 Å². The summed E-state index contributed by atoms with van der Waals surface area (Å²) in [6, 6.07) is 26.0. The Kier molecular flexibility index (Phi) is 6.18. The van der Waals surface area contributed by atoms with Crippen molar-refractivity contribution < 1.29 is 9.85 Å². The van der Waals surface area contributed by atoms with E-state index >= 15 is 0 Å². The minimum Gasteiger partial charge on any atom is -0.398 e. The Bertz CT molecular complexity index is 1390. The lowest BCUT2D eigenvalue weighted by Crippen LogP contribution is -2.05. The zero-order valence-corrected chi connectivity index (χ0v) is 18.3. The average Bonchev–Trinajstić information content (AvgIpc) is 2.84. The molecule has 4 aromatic carbocycles. The van der Waals surface area contributed by atoms with Crippen molar-refractivity contribution in [2.45, 2.75) is 6.92 Å². The molecule has 2 N–H and O–H groups in total. The van der Waals surface area contributed by atoms with E-state index in [1.165, 1.54) is 18.2 Å². The maximum absolute atomic E-state index is 12.0. The number of nitro benzene ring substituents is 2. The minimum absolute atomic E-state index is 0.0428. The van der Waals surface area contributed by atoms with Crippen LogP contribution in [0.5, 0.6) is 0 Å². The number of nitro groups is 2. The molecule has 168 valence electrons. The van der Waals surface area contributed by atoms with Crippen LogP contribution in [0.3, 0.4) is 0 Å². The summed E-state index contributed by atoms with van der Waals surface area (Å²) in [5.41, 5.74) is 11.5. The third-order valence-electron chi connectivity index (χ3n) is 5.52. The van der Waals surface area contributed by atoms with E-state index in [0.717, 1.165) is 11.1 Å². The van der Waals surface area contributed by atoms with E-state index in [1.807, 2.05) is 61.5 Å². The summed E-state index contributed by atoms with van der Waals surface area (Å²) in [4.78, 5) is 22.3. The molecule has 0 bridgehead atoms. The summed E-state index contributed by atoms with van der Waals surface area (Å²) >= 11 is 0. The van der Waals surface area contributed by atoms with Gasteiger partial charge in [-0.15, -0.1) is 0 Å². The van der Waals surface area contributed by atoms with Crippen molar-refractivity contribution in [2.75, 3.05) is 0 Å². The third kappa shape index (κ3) is 4.54. The van der Waals surface area contributed by atoms with Gasteiger partial charge >= 0.3 is 0 Å². The van der Waals surface area contributed by atoms with E-state index in [9.17, 15) is 20.2 Å². The highest BCUT2D eigenvalue weighted by molar-refractivity contribution is 5.98. The normalized spacial score (nSPS) is 11.3. The van der Waals surface area contributed by atoms with Gasteiger partial charge in [-0.05, 0) is 53.5 Å². The monoisotopic (exact) mass is 451 g/mol. The Labute approximate surface area is 196 Å². The molecule has 0 fully saturated rings. The molecule has 0 heterocycles. The molecule has 7 nitrogen and oxygen atoms in total. The van der Waals surface area contributed by atoms with Crippen LogP contribution in [0.15, 0.2) is 91.0 Å². The number of nitrogens with two attached hydrogens (primary N) is 1. The third-order valence-corrected chi connectivity index (χ3v) is 5.52. The molecule has 34 heavy (non-hydrogen) atoms. The predicted octanol–water partition coefficient (Wildman–Crippen LogP) is 6.60. The lowest BCUT2D eigenvalue weighted by Gasteiger charge is -2.17. The average molecular weight is 451 g/mol. The highest BCUT2D eigenvalue weighted by atomic mass is 16.6. The molecule has 0 atom stereocenters. The van der Waals surface area contributed by atoms with Gasteiger partial charge in [0.1, 0.15) is 0 Å². The standard InChI is InChI=1S/C27H21N3O4/c1-18-7-9-21(10-8-18)26-25(30(33)34)16-15-23(20-11-13-22(14-12-20)29(31)32)27(26)24(28)17-19-5-3-2-4-6-19/h2-17H,28H2,1H3. The topological polar surface area (TPSA) is 112 Å².